The summed E-state index contributed by atoms with van der Waals surface area (Å²) in [5, 5.41) is 0.496. The van der Waals surface area contributed by atoms with E-state index in [9.17, 15) is 4.79 Å². The molecular weight excluding hydrogens is 390 g/mol. The average Bonchev–Trinajstić information content (AvgIpc) is 3.40. The summed E-state index contributed by atoms with van der Waals surface area (Å²) in [5.74, 6) is 0. The minimum atomic E-state index is -0.110. The minimum absolute atomic E-state index is 0.0500. The second-order valence-electron chi connectivity index (χ2n) is 8.09. The van der Waals surface area contributed by atoms with Crippen LogP contribution < -0.4 is 5.56 Å². The molecule has 4 heterocycles. The van der Waals surface area contributed by atoms with Gasteiger partial charge in [-0.05, 0) is 49.6 Å². The van der Waals surface area contributed by atoms with Crippen molar-refractivity contribution in [2.24, 2.45) is 0 Å². The highest BCUT2D eigenvalue weighted by Crippen LogP contribution is 2.28. The summed E-state index contributed by atoms with van der Waals surface area (Å²) in [6.45, 7) is 3.29. The largest absolute Gasteiger partial charge is 0.376 e. The van der Waals surface area contributed by atoms with Gasteiger partial charge in [-0.2, -0.15) is 0 Å². The Kier molecular flexibility index (Phi) is 4.11. The van der Waals surface area contributed by atoms with Gasteiger partial charge in [0.05, 0.1) is 23.7 Å². The maximum atomic E-state index is 13.6. The van der Waals surface area contributed by atoms with Crippen molar-refractivity contribution < 1.29 is 4.74 Å². The topological polar surface area (TPSA) is 74.8 Å². The summed E-state index contributed by atoms with van der Waals surface area (Å²) in [6.07, 6.45) is 3.66. The Morgan fingerprint density at radius 1 is 1.06 bits per heavy atom. The van der Waals surface area contributed by atoms with Crippen LogP contribution in [0.5, 0.6) is 0 Å². The predicted octanol–water partition coefficient (Wildman–Crippen LogP) is 3.77. The van der Waals surface area contributed by atoms with Crippen LogP contribution >= 0.6 is 0 Å². The SMILES string of the molecule is Cc1cccc(-n2c3nc4ccccc4nc3c3c(=O)n(C[C@@H]4CCCO4)cnc32)c1. The zero-order chi connectivity index (χ0) is 20.9. The van der Waals surface area contributed by atoms with Gasteiger partial charge in [-0.3, -0.25) is 13.9 Å². The number of fused-ring (bicyclic) bond motifs is 4. The molecule has 2 aromatic carbocycles. The van der Waals surface area contributed by atoms with E-state index < -0.39 is 0 Å². The molecule has 154 valence electrons. The molecule has 1 fully saturated rings. The van der Waals surface area contributed by atoms with Crippen LogP contribution in [0.4, 0.5) is 0 Å². The normalized spacial score (nSPS) is 16.6. The fourth-order valence-electron chi connectivity index (χ4n) is 4.42. The first kappa shape index (κ1) is 18.2. The van der Waals surface area contributed by atoms with Gasteiger partial charge in [0.1, 0.15) is 17.2 Å². The summed E-state index contributed by atoms with van der Waals surface area (Å²) < 4.78 is 9.32. The predicted molar refractivity (Wildman–Crippen MR) is 120 cm³/mol. The molecule has 1 saturated heterocycles. The third-order valence-electron chi connectivity index (χ3n) is 5.91. The average molecular weight is 411 g/mol. The Morgan fingerprint density at radius 2 is 1.90 bits per heavy atom. The van der Waals surface area contributed by atoms with Crippen molar-refractivity contribution in [2.45, 2.75) is 32.4 Å². The van der Waals surface area contributed by atoms with Crippen molar-refractivity contribution in [3.05, 3.63) is 70.8 Å². The van der Waals surface area contributed by atoms with Crippen molar-refractivity contribution >= 4 is 33.2 Å². The number of aromatic nitrogens is 5. The molecule has 1 aliphatic heterocycles. The van der Waals surface area contributed by atoms with Gasteiger partial charge < -0.3 is 4.74 Å². The zero-order valence-corrected chi connectivity index (χ0v) is 17.2. The highest BCUT2D eigenvalue weighted by atomic mass is 16.5. The second kappa shape index (κ2) is 6.99. The maximum absolute atomic E-state index is 13.6. The van der Waals surface area contributed by atoms with E-state index in [0.29, 0.717) is 28.7 Å². The van der Waals surface area contributed by atoms with Crippen LogP contribution in [-0.4, -0.2) is 36.8 Å². The lowest BCUT2D eigenvalue weighted by molar-refractivity contribution is 0.0960. The molecule has 0 bridgehead atoms. The summed E-state index contributed by atoms with van der Waals surface area (Å²) in [6, 6.07) is 15.8. The number of ether oxygens (including phenoxy) is 1. The Labute approximate surface area is 178 Å². The van der Waals surface area contributed by atoms with Crippen LogP contribution in [0, 0.1) is 6.92 Å². The molecule has 0 radical (unpaired) electrons. The molecule has 0 N–H and O–H groups in total. The maximum Gasteiger partial charge on any atom is 0.265 e. The first-order chi connectivity index (χ1) is 15.2. The van der Waals surface area contributed by atoms with E-state index in [0.717, 1.165) is 41.7 Å². The monoisotopic (exact) mass is 411 g/mol. The number of hydrogen-bond acceptors (Lipinski definition) is 5. The lowest BCUT2D eigenvalue weighted by Gasteiger charge is -2.11. The van der Waals surface area contributed by atoms with Gasteiger partial charge in [0.15, 0.2) is 11.3 Å². The van der Waals surface area contributed by atoms with Crippen LogP contribution in [-0.2, 0) is 11.3 Å². The van der Waals surface area contributed by atoms with Crippen molar-refractivity contribution in [1.29, 1.82) is 0 Å². The number of hydrogen-bond donors (Lipinski definition) is 0. The molecule has 31 heavy (non-hydrogen) atoms. The van der Waals surface area contributed by atoms with E-state index in [1.165, 1.54) is 0 Å². The minimum Gasteiger partial charge on any atom is -0.376 e. The fourth-order valence-corrected chi connectivity index (χ4v) is 4.42. The highest BCUT2D eigenvalue weighted by molar-refractivity contribution is 6.05. The van der Waals surface area contributed by atoms with Crippen molar-refractivity contribution in [2.75, 3.05) is 6.61 Å². The van der Waals surface area contributed by atoms with E-state index in [4.69, 9.17) is 19.7 Å². The van der Waals surface area contributed by atoms with Gasteiger partial charge in [-0.1, -0.05) is 24.3 Å². The highest BCUT2D eigenvalue weighted by Gasteiger charge is 2.23. The summed E-state index contributed by atoms with van der Waals surface area (Å²) in [7, 11) is 0. The van der Waals surface area contributed by atoms with E-state index in [-0.39, 0.29) is 11.7 Å². The Balaban J connectivity index is 1.69. The number of benzene rings is 2. The summed E-state index contributed by atoms with van der Waals surface area (Å²) in [5.41, 5.74) is 5.25. The molecule has 0 unspecified atom stereocenters. The standard InChI is InChI=1S/C24H21N5O2/c1-15-6-4-7-16(12-15)29-22-20(21-23(29)27-19-10-3-2-9-18(19)26-21)24(30)28(14-25-22)13-17-8-5-11-31-17/h2-4,6-7,9-10,12,14,17H,5,8,11,13H2,1H3/t17-/m0/s1. The molecule has 7 heteroatoms. The van der Waals surface area contributed by atoms with Gasteiger partial charge in [0.25, 0.3) is 5.56 Å². The molecular formula is C24H21N5O2. The third kappa shape index (κ3) is 2.92. The molecule has 1 aliphatic rings. The van der Waals surface area contributed by atoms with Crippen LogP contribution in [0.25, 0.3) is 38.9 Å². The molecule has 0 spiro atoms. The first-order valence-corrected chi connectivity index (χ1v) is 10.5. The van der Waals surface area contributed by atoms with Crippen molar-refractivity contribution in [3.63, 3.8) is 0 Å². The Hall–Kier alpha value is -3.58. The van der Waals surface area contributed by atoms with Crippen LogP contribution in [0.15, 0.2) is 59.7 Å². The van der Waals surface area contributed by atoms with Gasteiger partial charge in [-0.15, -0.1) is 0 Å². The van der Waals surface area contributed by atoms with Crippen molar-refractivity contribution in [3.8, 4) is 5.69 Å². The van der Waals surface area contributed by atoms with Gasteiger partial charge >= 0.3 is 0 Å². The second-order valence-corrected chi connectivity index (χ2v) is 8.09. The number of aryl methyl sites for hydroxylation is 1. The Bertz CT molecular complexity index is 1510. The van der Waals surface area contributed by atoms with Gasteiger partial charge in [-0.25, -0.2) is 15.0 Å². The number of rotatable bonds is 3. The molecule has 1 atom stereocenters. The molecule has 7 nitrogen and oxygen atoms in total. The molecule has 6 rings (SSSR count). The van der Waals surface area contributed by atoms with E-state index in [1.807, 2.05) is 54.0 Å². The molecule has 5 aromatic rings. The lowest BCUT2D eigenvalue weighted by Crippen LogP contribution is -2.26. The molecule has 0 saturated carbocycles. The smallest absolute Gasteiger partial charge is 0.265 e. The van der Waals surface area contributed by atoms with E-state index in [2.05, 4.69) is 6.07 Å². The van der Waals surface area contributed by atoms with Crippen molar-refractivity contribution in [1.82, 2.24) is 24.1 Å². The van der Waals surface area contributed by atoms with Crippen LogP contribution in [0.3, 0.4) is 0 Å². The van der Waals surface area contributed by atoms with Gasteiger partial charge in [0, 0.05) is 12.3 Å². The van der Waals surface area contributed by atoms with Crippen LogP contribution in [0.1, 0.15) is 18.4 Å². The molecule has 0 amide bonds. The zero-order valence-electron chi connectivity index (χ0n) is 17.2. The Morgan fingerprint density at radius 3 is 2.68 bits per heavy atom. The van der Waals surface area contributed by atoms with Gasteiger partial charge in [0.2, 0.25) is 0 Å². The quantitative estimate of drug-likeness (QED) is 0.452. The fraction of sp³-hybridized carbons (Fsp3) is 0.250. The number of nitrogens with zero attached hydrogens (tertiary/aromatic N) is 5. The molecule has 3 aromatic heterocycles. The van der Waals surface area contributed by atoms with E-state index >= 15 is 0 Å². The lowest BCUT2D eigenvalue weighted by atomic mass is 10.2. The third-order valence-corrected chi connectivity index (χ3v) is 5.91. The first-order valence-electron chi connectivity index (χ1n) is 10.5. The van der Waals surface area contributed by atoms with Crippen LogP contribution in [0.2, 0.25) is 0 Å². The summed E-state index contributed by atoms with van der Waals surface area (Å²) >= 11 is 0. The summed E-state index contributed by atoms with van der Waals surface area (Å²) in [4.78, 5) is 28.0. The van der Waals surface area contributed by atoms with E-state index in [1.54, 1.807) is 10.9 Å². The number of para-hydroxylation sites is 2. The molecule has 0 aliphatic carbocycles.